The molecule has 0 saturated heterocycles. The summed E-state index contributed by atoms with van der Waals surface area (Å²) in [5.41, 5.74) is 0. The molecule has 84 valence electrons. The van der Waals surface area contributed by atoms with E-state index in [0.29, 0.717) is 0 Å². The number of halogens is 1. The van der Waals surface area contributed by atoms with Crippen molar-refractivity contribution in [3.63, 3.8) is 0 Å². The lowest BCUT2D eigenvalue weighted by Gasteiger charge is -2.14. The van der Waals surface area contributed by atoms with Gasteiger partial charge in [0.05, 0.1) is 0 Å². The Morgan fingerprint density at radius 2 is 2.40 bits per heavy atom. The standard InChI is InChI=1S/C12H18BrNS/c1-2-9(7-14-11-3-4-11)5-12-6-10(13)8-15-12/h6,8-9,11,14H,2-5,7H2,1H3. The molecule has 1 fully saturated rings. The number of nitrogens with one attached hydrogen (secondary N) is 1. The molecule has 0 aromatic carbocycles. The van der Waals surface area contributed by atoms with Gasteiger partial charge in [0.25, 0.3) is 0 Å². The Kier molecular flexibility index (Phi) is 4.23. The van der Waals surface area contributed by atoms with Crippen molar-refractivity contribution in [1.82, 2.24) is 5.32 Å². The highest BCUT2D eigenvalue weighted by Crippen LogP contribution is 2.24. The van der Waals surface area contributed by atoms with Crippen molar-refractivity contribution in [1.29, 1.82) is 0 Å². The van der Waals surface area contributed by atoms with Gasteiger partial charge in [-0.25, -0.2) is 0 Å². The Bertz CT molecular complexity index is 306. The van der Waals surface area contributed by atoms with Gasteiger partial charge in [0.2, 0.25) is 0 Å². The van der Waals surface area contributed by atoms with Gasteiger partial charge < -0.3 is 5.32 Å². The summed E-state index contributed by atoms with van der Waals surface area (Å²) >= 11 is 5.38. The zero-order valence-electron chi connectivity index (χ0n) is 9.13. The molecule has 1 aliphatic rings. The van der Waals surface area contributed by atoms with E-state index in [0.717, 1.165) is 12.0 Å². The fourth-order valence-corrected chi connectivity index (χ4v) is 3.29. The molecular weight excluding hydrogens is 270 g/mol. The lowest BCUT2D eigenvalue weighted by molar-refractivity contribution is 0.461. The minimum atomic E-state index is 0.802. The summed E-state index contributed by atoms with van der Waals surface area (Å²) in [7, 11) is 0. The molecule has 0 amide bonds. The van der Waals surface area contributed by atoms with Crippen molar-refractivity contribution < 1.29 is 0 Å². The van der Waals surface area contributed by atoms with E-state index in [9.17, 15) is 0 Å². The van der Waals surface area contributed by atoms with Gasteiger partial charge in [-0.1, -0.05) is 13.3 Å². The molecule has 1 atom stereocenters. The Balaban J connectivity index is 1.78. The molecule has 1 aliphatic carbocycles. The maximum Gasteiger partial charge on any atom is 0.0285 e. The SMILES string of the molecule is CCC(CNC1CC1)Cc1cc(Br)cs1. The van der Waals surface area contributed by atoms with Crippen LogP contribution in [0.1, 0.15) is 31.1 Å². The predicted octanol–water partition coefficient (Wildman–Crippen LogP) is 3.83. The third-order valence-electron chi connectivity index (χ3n) is 2.96. The van der Waals surface area contributed by atoms with Crippen LogP contribution in [0.4, 0.5) is 0 Å². The molecule has 1 nitrogen and oxygen atoms in total. The second kappa shape index (κ2) is 5.46. The highest BCUT2D eigenvalue weighted by molar-refractivity contribution is 9.10. The molecule has 0 bridgehead atoms. The Morgan fingerprint density at radius 1 is 1.60 bits per heavy atom. The van der Waals surface area contributed by atoms with E-state index in [1.54, 1.807) is 0 Å². The van der Waals surface area contributed by atoms with Gasteiger partial charge in [-0.15, -0.1) is 11.3 Å². The molecule has 0 radical (unpaired) electrons. The third kappa shape index (κ3) is 3.89. The van der Waals surface area contributed by atoms with Crippen LogP contribution in [0.5, 0.6) is 0 Å². The van der Waals surface area contributed by atoms with Crippen LogP contribution in [0, 0.1) is 5.92 Å². The molecule has 1 aromatic rings. The monoisotopic (exact) mass is 287 g/mol. The Morgan fingerprint density at radius 3 is 2.93 bits per heavy atom. The normalized spacial score (nSPS) is 18.0. The van der Waals surface area contributed by atoms with E-state index < -0.39 is 0 Å². The minimum absolute atomic E-state index is 0.802. The molecular formula is C12H18BrNS. The van der Waals surface area contributed by atoms with Gasteiger partial charge in [0.1, 0.15) is 0 Å². The van der Waals surface area contributed by atoms with Crippen molar-refractivity contribution >= 4 is 27.3 Å². The molecule has 15 heavy (non-hydrogen) atoms. The van der Waals surface area contributed by atoms with Crippen molar-refractivity contribution in [2.24, 2.45) is 5.92 Å². The number of hydrogen-bond donors (Lipinski definition) is 1. The molecule has 3 heteroatoms. The zero-order chi connectivity index (χ0) is 10.7. The van der Waals surface area contributed by atoms with Gasteiger partial charge in [0.15, 0.2) is 0 Å². The highest BCUT2D eigenvalue weighted by Gasteiger charge is 2.21. The fourth-order valence-electron chi connectivity index (χ4n) is 1.73. The van der Waals surface area contributed by atoms with Crippen molar-refractivity contribution in [2.45, 2.75) is 38.6 Å². The smallest absolute Gasteiger partial charge is 0.0285 e. The average molecular weight is 288 g/mol. The van der Waals surface area contributed by atoms with Crippen molar-refractivity contribution in [3.8, 4) is 0 Å². The first-order chi connectivity index (χ1) is 7.28. The average Bonchev–Trinajstić information content (AvgIpc) is 2.97. The number of rotatable bonds is 6. The van der Waals surface area contributed by atoms with E-state index >= 15 is 0 Å². The molecule has 0 aliphatic heterocycles. The lowest BCUT2D eigenvalue weighted by atomic mass is 10.0. The minimum Gasteiger partial charge on any atom is -0.314 e. The summed E-state index contributed by atoms with van der Waals surface area (Å²) in [5, 5.41) is 5.80. The van der Waals surface area contributed by atoms with Crippen LogP contribution in [0.2, 0.25) is 0 Å². The van der Waals surface area contributed by atoms with E-state index in [4.69, 9.17) is 0 Å². The topological polar surface area (TPSA) is 12.0 Å². The molecule has 1 saturated carbocycles. The van der Waals surface area contributed by atoms with Crippen LogP contribution in [-0.2, 0) is 6.42 Å². The molecule has 1 aromatic heterocycles. The Hall–Kier alpha value is 0.140. The maximum atomic E-state index is 3.63. The van der Waals surface area contributed by atoms with E-state index in [2.05, 4.69) is 39.6 Å². The van der Waals surface area contributed by atoms with Crippen molar-refractivity contribution in [2.75, 3.05) is 6.54 Å². The van der Waals surface area contributed by atoms with Gasteiger partial charge in [-0.05, 0) is 53.7 Å². The fraction of sp³-hybridized carbons (Fsp3) is 0.667. The van der Waals surface area contributed by atoms with Crippen LogP contribution < -0.4 is 5.32 Å². The van der Waals surface area contributed by atoms with Crippen molar-refractivity contribution in [3.05, 3.63) is 20.8 Å². The quantitative estimate of drug-likeness (QED) is 0.839. The van der Waals surface area contributed by atoms with Gasteiger partial charge in [0, 0.05) is 20.8 Å². The third-order valence-corrected chi connectivity index (χ3v) is 4.68. The van der Waals surface area contributed by atoms with Gasteiger partial charge in [-0.3, -0.25) is 0 Å². The number of thiophene rings is 1. The molecule has 1 heterocycles. The molecule has 2 rings (SSSR count). The molecule has 1 N–H and O–H groups in total. The summed E-state index contributed by atoms with van der Waals surface area (Å²) < 4.78 is 1.23. The first-order valence-electron chi connectivity index (χ1n) is 5.74. The second-order valence-corrected chi connectivity index (χ2v) is 6.30. The van der Waals surface area contributed by atoms with E-state index in [-0.39, 0.29) is 0 Å². The van der Waals surface area contributed by atoms with Crippen LogP contribution >= 0.6 is 27.3 Å². The summed E-state index contributed by atoms with van der Waals surface area (Å²) in [5.74, 6) is 0.802. The first kappa shape index (κ1) is 11.6. The Labute approximate surface area is 104 Å². The zero-order valence-corrected chi connectivity index (χ0v) is 11.5. The van der Waals surface area contributed by atoms with E-state index in [1.807, 2.05) is 11.3 Å². The van der Waals surface area contributed by atoms with Crippen LogP contribution in [0.3, 0.4) is 0 Å². The van der Waals surface area contributed by atoms with Crippen LogP contribution in [-0.4, -0.2) is 12.6 Å². The molecule has 0 spiro atoms. The van der Waals surface area contributed by atoms with Gasteiger partial charge >= 0.3 is 0 Å². The lowest BCUT2D eigenvalue weighted by Crippen LogP contribution is -2.25. The summed E-state index contributed by atoms with van der Waals surface area (Å²) in [6.07, 6.45) is 5.28. The summed E-state index contributed by atoms with van der Waals surface area (Å²) in [6, 6.07) is 3.10. The maximum absolute atomic E-state index is 3.63. The first-order valence-corrected chi connectivity index (χ1v) is 7.41. The van der Waals surface area contributed by atoms with Crippen LogP contribution in [0.25, 0.3) is 0 Å². The summed E-state index contributed by atoms with van der Waals surface area (Å²) in [4.78, 5) is 1.51. The second-order valence-electron chi connectivity index (χ2n) is 4.39. The predicted molar refractivity (Wildman–Crippen MR) is 70.5 cm³/mol. The van der Waals surface area contributed by atoms with E-state index in [1.165, 1.54) is 41.6 Å². The summed E-state index contributed by atoms with van der Waals surface area (Å²) in [6.45, 7) is 3.48. The van der Waals surface area contributed by atoms with Gasteiger partial charge in [-0.2, -0.15) is 0 Å². The largest absolute Gasteiger partial charge is 0.314 e. The highest BCUT2D eigenvalue weighted by atomic mass is 79.9. The number of hydrogen-bond acceptors (Lipinski definition) is 2. The van der Waals surface area contributed by atoms with Crippen LogP contribution in [0.15, 0.2) is 15.9 Å². The molecule has 1 unspecified atom stereocenters.